The van der Waals surface area contributed by atoms with Gasteiger partial charge in [-0.25, -0.2) is 4.39 Å². The topological polar surface area (TPSA) is 88.0 Å². The Kier molecular flexibility index (Phi) is 3.87. The highest BCUT2D eigenvalue weighted by Crippen LogP contribution is 2.28. The molecule has 2 aromatic carbocycles. The molecule has 23 heavy (non-hydrogen) atoms. The first-order valence-electron chi connectivity index (χ1n) is 6.64. The fourth-order valence-corrected chi connectivity index (χ4v) is 2.87. The summed E-state index contributed by atoms with van der Waals surface area (Å²) in [6.07, 6.45) is 0. The van der Waals surface area contributed by atoms with Gasteiger partial charge in [-0.05, 0) is 40.2 Å². The summed E-state index contributed by atoms with van der Waals surface area (Å²) in [5.41, 5.74) is 6.23. The van der Waals surface area contributed by atoms with Gasteiger partial charge in [0.15, 0.2) is 0 Å². The zero-order chi connectivity index (χ0) is 16.6. The van der Waals surface area contributed by atoms with Gasteiger partial charge in [-0.15, -0.1) is 0 Å². The van der Waals surface area contributed by atoms with Crippen LogP contribution < -0.4 is 11.1 Å². The van der Waals surface area contributed by atoms with E-state index in [2.05, 4.69) is 26.2 Å². The predicted octanol–water partition coefficient (Wildman–Crippen LogP) is 3.42. The monoisotopic (exact) mass is 375 g/mol. The van der Waals surface area contributed by atoms with Crippen LogP contribution in [0.5, 0.6) is 0 Å². The summed E-state index contributed by atoms with van der Waals surface area (Å²) in [6, 6.07) is 11.1. The second-order valence-electron chi connectivity index (χ2n) is 4.87. The molecule has 0 fully saturated rings. The normalized spacial score (nSPS) is 10.7. The fourth-order valence-electron chi connectivity index (χ4n) is 2.25. The van der Waals surface area contributed by atoms with Gasteiger partial charge in [-0.3, -0.25) is 9.59 Å². The van der Waals surface area contributed by atoms with Gasteiger partial charge in [0.05, 0.1) is 10.0 Å². The van der Waals surface area contributed by atoms with Crippen molar-refractivity contribution in [3.05, 3.63) is 64.0 Å². The molecule has 5 nitrogen and oxygen atoms in total. The molecule has 0 spiro atoms. The maximum absolute atomic E-state index is 13.5. The van der Waals surface area contributed by atoms with Crippen molar-refractivity contribution >= 4 is 44.3 Å². The summed E-state index contributed by atoms with van der Waals surface area (Å²) in [7, 11) is 0. The third-order valence-electron chi connectivity index (χ3n) is 3.36. The number of amides is 2. The van der Waals surface area contributed by atoms with E-state index in [1.165, 1.54) is 12.1 Å². The number of nitrogens with one attached hydrogen (secondary N) is 2. The van der Waals surface area contributed by atoms with Crippen LogP contribution in [0.15, 0.2) is 46.9 Å². The van der Waals surface area contributed by atoms with Gasteiger partial charge < -0.3 is 16.0 Å². The number of halogens is 2. The molecule has 2 amide bonds. The first kappa shape index (κ1) is 15.2. The van der Waals surface area contributed by atoms with Crippen LogP contribution >= 0.6 is 15.9 Å². The lowest BCUT2D eigenvalue weighted by Crippen LogP contribution is -2.16. The lowest BCUT2D eigenvalue weighted by Gasteiger charge is -2.06. The van der Waals surface area contributed by atoms with Crippen molar-refractivity contribution < 1.29 is 14.0 Å². The van der Waals surface area contributed by atoms with E-state index in [1.54, 1.807) is 0 Å². The second-order valence-corrected chi connectivity index (χ2v) is 5.67. The molecule has 0 radical (unpaired) electrons. The highest BCUT2D eigenvalue weighted by molar-refractivity contribution is 9.10. The van der Waals surface area contributed by atoms with Gasteiger partial charge in [0.1, 0.15) is 11.5 Å². The van der Waals surface area contributed by atoms with Crippen LogP contribution in [0.2, 0.25) is 0 Å². The summed E-state index contributed by atoms with van der Waals surface area (Å²) in [5, 5.41) is 3.48. The lowest BCUT2D eigenvalue weighted by atomic mass is 10.1. The van der Waals surface area contributed by atoms with E-state index >= 15 is 0 Å². The van der Waals surface area contributed by atoms with Gasteiger partial charge in [-0.2, -0.15) is 0 Å². The molecule has 1 aromatic heterocycles. The molecule has 1 heterocycles. The summed E-state index contributed by atoms with van der Waals surface area (Å²) in [5.74, 6) is -2.05. The maximum Gasteiger partial charge on any atom is 0.273 e. The Balaban J connectivity index is 1.93. The van der Waals surface area contributed by atoms with E-state index in [1.807, 2.05) is 24.3 Å². The molecule has 116 valence electrons. The number of para-hydroxylation sites is 1. The number of H-pyrrole nitrogens is 1. The number of aromatic amines is 1. The standard InChI is InChI=1S/C16H11BrFN3O2/c17-13-9-3-1-2-4-12(9)21-14(13)16(23)20-8-5-6-11(18)10(7-8)15(19)22/h1-7,21H,(H2,19,22)(H,20,23). The molecule has 0 aliphatic carbocycles. The minimum Gasteiger partial charge on any atom is -0.366 e. The Morgan fingerprint density at radius 2 is 1.91 bits per heavy atom. The van der Waals surface area contributed by atoms with Crippen LogP contribution in [0.3, 0.4) is 0 Å². The second kappa shape index (κ2) is 5.85. The number of primary amides is 1. The number of carbonyl (C=O) groups excluding carboxylic acids is 2. The molecule has 3 rings (SSSR count). The van der Waals surface area contributed by atoms with Crippen LogP contribution in [-0.4, -0.2) is 16.8 Å². The Labute approximate surface area is 138 Å². The fraction of sp³-hybridized carbons (Fsp3) is 0. The number of nitrogens with two attached hydrogens (primary N) is 1. The summed E-state index contributed by atoms with van der Waals surface area (Å²) < 4.78 is 14.1. The van der Waals surface area contributed by atoms with E-state index in [9.17, 15) is 14.0 Å². The smallest absolute Gasteiger partial charge is 0.273 e. The van der Waals surface area contributed by atoms with Gasteiger partial charge in [-0.1, -0.05) is 18.2 Å². The van der Waals surface area contributed by atoms with Crippen LogP contribution in [-0.2, 0) is 0 Å². The summed E-state index contributed by atoms with van der Waals surface area (Å²) in [4.78, 5) is 26.6. The van der Waals surface area contributed by atoms with Gasteiger partial charge >= 0.3 is 0 Å². The van der Waals surface area contributed by atoms with Crippen molar-refractivity contribution in [1.29, 1.82) is 0 Å². The maximum atomic E-state index is 13.5. The number of aromatic nitrogens is 1. The Morgan fingerprint density at radius 1 is 1.17 bits per heavy atom. The third kappa shape index (κ3) is 2.83. The minimum atomic E-state index is -0.898. The Morgan fingerprint density at radius 3 is 2.61 bits per heavy atom. The number of hydrogen-bond donors (Lipinski definition) is 3. The molecular weight excluding hydrogens is 365 g/mol. The molecule has 0 aliphatic rings. The van der Waals surface area contributed by atoms with Crippen LogP contribution in [0.25, 0.3) is 10.9 Å². The van der Waals surface area contributed by atoms with Crippen molar-refractivity contribution in [2.24, 2.45) is 5.73 Å². The Bertz CT molecular complexity index is 936. The average molecular weight is 376 g/mol. The van der Waals surface area contributed by atoms with Crippen LogP contribution in [0.4, 0.5) is 10.1 Å². The number of fused-ring (bicyclic) bond motifs is 1. The largest absolute Gasteiger partial charge is 0.366 e. The number of hydrogen-bond acceptors (Lipinski definition) is 2. The highest BCUT2D eigenvalue weighted by atomic mass is 79.9. The number of carbonyl (C=O) groups is 2. The van der Waals surface area contributed by atoms with E-state index in [0.29, 0.717) is 10.2 Å². The molecule has 0 unspecified atom stereocenters. The highest BCUT2D eigenvalue weighted by Gasteiger charge is 2.17. The van der Waals surface area contributed by atoms with Gasteiger partial charge in [0, 0.05) is 16.6 Å². The summed E-state index contributed by atoms with van der Waals surface area (Å²) in [6.45, 7) is 0. The van der Waals surface area contributed by atoms with Crippen molar-refractivity contribution in [2.75, 3.05) is 5.32 Å². The molecule has 0 aliphatic heterocycles. The molecule has 0 bridgehead atoms. The first-order valence-corrected chi connectivity index (χ1v) is 7.43. The van der Waals surface area contributed by atoms with Crippen molar-refractivity contribution in [2.45, 2.75) is 0 Å². The number of benzene rings is 2. The quantitative estimate of drug-likeness (QED) is 0.654. The molecule has 0 saturated heterocycles. The van der Waals surface area contributed by atoms with Crippen molar-refractivity contribution in [3.8, 4) is 0 Å². The molecule has 7 heteroatoms. The number of anilines is 1. The summed E-state index contributed by atoms with van der Waals surface area (Å²) >= 11 is 3.39. The molecule has 4 N–H and O–H groups in total. The van der Waals surface area contributed by atoms with Crippen LogP contribution in [0.1, 0.15) is 20.8 Å². The Hall–Kier alpha value is -2.67. The average Bonchev–Trinajstić information content (AvgIpc) is 2.86. The van der Waals surface area contributed by atoms with E-state index in [4.69, 9.17) is 5.73 Å². The van der Waals surface area contributed by atoms with Crippen molar-refractivity contribution in [1.82, 2.24) is 4.98 Å². The number of rotatable bonds is 3. The first-order chi connectivity index (χ1) is 11.0. The zero-order valence-electron chi connectivity index (χ0n) is 11.7. The molecule has 3 aromatic rings. The third-order valence-corrected chi connectivity index (χ3v) is 4.18. The predicted molar refractivity (Wildman–Crippen MR) is 88.9 cm³/mol. The molecule has 0 saturated carbocycles. The SMILES string of the molecule is NC(=O)c1cc(NC(=O)c2[nH]c3ccccc3c2Br)ccc1F. The van der Waals surface area contributed by atoms with Crippen LogP contribution in [0, 0.1) is 5.82 Å². The zero-order valence-corrected chi connectivity index (χ0v) is 13.3. The minimum absolute atomic E-state index is 0.274. The van der Waals surface area contributed by atoms with E-state index in [-0.39, 0.29) is 11.3 Å². The molecular formula is C16H11BrFN3O2. The van der Waals surface area contributed by atoms with E-state index < -0.39 is 17.6 Å². The van der Waals surface area contributed by atoms with Gasteiger partial charge in [0.2, 0.25) is 0 Å². The lowest BCUT2D eigenvalue weighted by molar-refractivity contribution is 0.0992. The van der Waals surface area contributed by atoms with Gasteiger partial charge in [0.25, 0.3) is 11.8 Å². The van der Waals surface area contributed by atoms with Crippen molar-refractivity contribution in [3.63, 3.8) is 0 Å². The van der Waals surface area contributed by atoms with E-state index in [0.717, 1.165) is 17.0 Å². The molecule has 0 atom stereocenters.